The van der Waals surface area contributed by atoms with Crippen molar-refractivity contribution in [2.75, 3.05) is 16.8 Å². The number of anilines is 2. The quantitative estimate of drug-likeness (QED) is 0.537. The maximum absolute atomic E-state index is 13.3. The van der Waals surface area contributed by atoms with Crippen LogP contribution in [0.25, 0.3) is 5.57 Å². The zero-order chi connectivity index (χ0) is 21.1. The SMILES string of the molecule is CC(C)COc1ccc(N2C(=O)C(Nc3ccccc3)=C(c3cccs3)C2=O)cc1. The maximum atomic E-state index is 13.3. The number of rotatable bonds is 7. The normalized spacial score (nSPS) is 14.0. The molecule has 0 radical (unpaired) electrons. The minimum Gasteiger partial charge on any atom is -0.493 e. The summed E-state index contributed by atoms with van der Waals surface area (Å²) in [4.78, 5) is 28.6. The fourth-order valence-electron chi connectivity index (χ4n) is 3.15. The number of hydrogen-bond donors (Lipinski definition) is 1. The fourth-order valence-corrected chi connectivity index (χ4v) is 3.92. The van der Waals surface area contributed by atoms with Gasteiger partial charge in [0.1, 0.15) is 11.4 Å². The van der Waals surface area contributed by atoms with E-state index in [1.807, 2.05) is 47.8 Å². The summed E-state index contributed by atoms with van der Waals surface area (Å²) in [6.07, 6.45) is 0. The second-order valence-corrected chi connectivity index (χ2v) is 8.31. The van der Waals surface area contributed by atoms with Crippen LogP contribution in [0.2, 0.25) is 0 Å². The first kappa shape index (κ1) is 19.9. The van der Waals surface area contributed by atoms with Crippen molar-refractivity contribution in [2.45, 2.75) is 13.8 Å². The van der Waals surface area contributed by atoms with Crippen molar-refractivity contribution in [3.63, 3.8) is 0 Å². The van der Waals surface area contributed by atoms with Gasteiger partial charge in [-0.25, -0.2) is 4.90 Å². The molecule has 0 bridgehead atoms. The zero-order valence-corrected chi connectivity index (χ0v) is 17.6. The molecule has 6 heteroatoms. The summed E-state index contributed by atoms with van der Waals surface area (Å²) in [6, 6.07) is 20.1. The molecule has 2 amide bonds. The summed E-state index contributed by atoms with van der Waals surface area (Å²) in [5, 5.41) is 5.05. The van der Waals surface area contributed by atoms with Crippen LogP contribution in [-0.4, -0.2) is 18.4 Å². The van der Waals surface area contributed by atoms with Crippen molar-refractivity contribution in [2.24, 2.45) is 5.92 Å². The van der Waals surface area contributed by atoms with Crippen LogP contribution in [0.15, 0.2) is 77.8 Å². The number of benzene rings is 2. The van der Waals surface area contributed by atoms with Crippen LogP contribution >= 0.6 is 11.3 Å². The average molecular weight is 419 g/mol. The predicted octanol–water partition coefficient (Wildman–Crippen LogP) is 5.18. The Hall–Kier alpha value is -3.38. The van der Waals surface area contributed by atoms with E-state index < -0.39 is 0 Å². The Morgan fingerprint density at radius 3 is 2.30 bits per heavy atom. The first-order valence-corrected chi connectivity index (χ1v) is 10.6. The number of nitrogens with one attached hydrogen (secondary N) is 1. The standard InChI is InChI=1S/C24H22N2O3S/c1-16(2)15-29-19-12-10-18(11-13-19)26-23(27)21(20-9-6-14-30-20)22(24(26)28)25-17-7-4-3-5-8-17/h3-14,16,25H,15H2,1-2H3. The smallest absolute Gasteiger partial charge is 0.282 e. The number of nitrogens with zero attached hydrogens (tertiary/aromatic N) is 1. The number of hydrogen-bond acceptors (Lipinski definition) is 5. The van der Waals surface area contributed by atoms with Gasteiger partial charge in [-0.1, -0.05) is 38.1 Å². The molecule has 1 aromatic heterocycles. The van der Waals surface area contributed by atoms with Gasteiger partial charge >= 0.3 is 0 Å². The Bertz CT molecular complexity index is 1070. The van der Waals surface area contributed by atoms with Crippen molar-refractivity contribution < 1.29 is 14.3 Å². The lowest BCUT2D eigenvalue weighted by Gasteiger charge is -2.16. The highest BCUT2D eigenvalue weighted by Gasteiger charge is 2.40. The average Bonchev–Trinajstić information content (AvgIpc) is 3.35. The molecule has 30 heavy (non-hydrogen) atoms. The van der Waals surface area contributed by atoms with Gasteiger partial charge < -0.3 is 10.1 Å². The first-order valence-electron chi connectivity index (χ1n) is 9.76. The molecule has 0 aliphatic carbocycles. The van der Waals surface area contributed by atoms with Gasteiger partial charge in [-0.15, -0.1) is 11.3 Å². The van der Waals surface area contributed by atoms with Gasteiger partial charge in [-0.05, 0) is 53.8 Å². The van der Waals surface area contributed by atoms with Crippen molar-refractivity contribution in [3.8, 4) is 5.75 Å². The molecule has 2 heterocycles. The number of para-hydroxylation sites is 1. The van der Waals surface area contributed by atoms with Crippen LogP contribution in [0, 0.1) is 5.92 Å². The lowest BCUT2D eigenvalue weighted by atomic mass is 10.2. The molecule has 0 spiro atoms. The molecular formula is C24H22N2O3S. The molecule has 1 N–H and O–H groups in total. The topological polar surface area (TPSA) is 58.6 Å². The zero-order valence-electron chi connectivity index (χ0n) is 16.8. The Morgan fingerprint density at radius 2 is 1.67 bits per heavy atom. The Balaban J connectivity index is 1.66. The third kappa shape index (κ3) is 4.00. The second kappa shape index (κ2) is 8.55. The minimum absolute atomic E-state index is 0.286. The monoisotopic (exact) mass is 418 g/mol. The summed E-state index contributed by atoms with van der Waals surface area (Å²) >= 11 is 1.43. The van der Waals surface area contributed by atoms with Crippen molar-refractivity contribution in [1.82, 2.24) is 0 Å². The van der Waals surface area contributed by atoms with Crippen LogP contribution in [0.4, 0.5) is 11.4 Å². The number of thiophene rings is 1. The number of imide groups is 1. The Kier molecular flexibility index (Phi) is 5.68. The van der Waals surface area contributed by atoms with Gasteiger partial charge in [0.2, 0.25) is 0 Å². The number of amides is 2. The van der Waals surface area contributed by atoms with E-state index in [1.165, 1.54) is 16.2 Å². The van der Waals surface area contributed by atoms with Crippen LogP contribution in [0.5, 0.6) is 5.75 Å². The molecule has 1 aliphatic heterocycles. The van der Waals surface area contributed by atoms with Gasteiger partial charge in [0.15, 0.2) is 0 Å². The van der Waals surface area contributed by atoms with Crippen molar-refractivity contribution in [3.05, 3.63) is 82.7 Å². The highest BCUT2D eigenvalue weighted by molar-refractivity contribution is 7.11. The maximum Gasteiger partial charge on any atom is 0.282 e. The first-order chi connectivity index (χ1) is 14.5. The van der Waals surface area contributed by atoms with Gasteiger partial charge in [0.25, 0.3) is 11.8 Å². The van der Waals surface area contributed by atoms with E-state index in [9.17, 15) is 9.59 Å². The molecule has 1 aliphatic rings. The second-order valence-electron chi connectivity index (χ2n) is 7.36. The van der Waals surface area contributed by atoms with E-state index in [1.54, 1.807) is 24.3 Å². The molecule has 2 aromatic carbocycles. The van der Waals surface area contributed by atoms with Crippen molar-refractivity contribution in [1.29, 1.82) is 0 Å². The van der Waals surface area contributed by atoms with Crippen LogP contribution < -0.4 is 15.0 Å². The summed E-state index contributed by atoms with van der Waals surface area (Å²) in [5.41, 5.74) is 1.94. The molecule has 3 aromatic rings. The number of carbonyl (C=O) groups is 2. The molecule has 0 unspecified atom stereocenters. The highest BCUT2D eigenvalue weighted by atomic mass is 32.1. The van der Waals surface area contributed by atoms with E-state index >= 15 is 0 Å². The molecule has 4 rings (SSSR count). The summed E-state index contributed by atoms with van der Waals surface area (Å²) < 4.78 is 5.71. The molecule has 0 saturated heterocycles. The summed E-state index contributed by atoms with van der Waals surface area (Å²) in [6.45, 7) is 4.76. The Morgan fingerprint density at radius 1 is 0.933 bits per heavy atom. The Labute approximate surface area is 179 Å². The third-order valence-corrected chi connectivity index (χ3v) is 5.46. The van der Waals surface area contributed by atoms with Crippen LogP contribution in [0.3, 0.4) is 0 Å². The van der Waals surface area contributed by atoms with E-state index in [2.05, 4.69) is 19.2 Å². The predicted molar refractivity (Wildman–Crippen MR) is 121 cm³/mol. The molecule has 0 atom stereocenters. The van der Waals surface area contributed by atoms with Gasteiger partial charge in [0, 0.05) is 10.6 Å². The highest BCUT2D eigenvalue weighted by Crippen LogP contribution is 2.35. The van der Waals surface area contributed by atoms with Gasteiger partial charge in [0.05, 0.1) is 17.9 Å². The molecule has 152 valence electrons. The molecule has 0 saturated carbocycles. The van der Waals surface area contributed by atoms with Crippen molar-refractivity contribution >= 4 is 40.1 Å². The molecule has 5 nitrogen and oxygen atoms in total. The minimum atomic E-state index is -0.372. The molecular weight excluding hydrogens is 396 g/mol. The fraction of sp³-hybridized carbons (Fsp3) is 0.167. The largest absolute Gasteiger partial charge is 0.493 e. The van der Waals surface area contributed by atoms with Crippen LogP contribution in [-0.2, 0) is 9.59 Å². The number of ether oxygens (including phenoxy) is 1. The van der Waals surface area contributed by atoms with E-state index in [0.29, 0.717) is 29.5 Å². The lowest BCUT2D eigenvalue weighted by Crippen LogP contribution is -2.32. The van der Waals surface area contributed by atoms with Crippen LogP contribution in [0.1, 0.15) is 18.7 Å². The summed E-state index contributed by atoms with van der Waals surface area (Å²) in [7, 11) is 0. The van der Waals surface area contributed by atoms with E-state index in [-0.39, 0.29) is 17.5 Å². The van der Waals surface area contributed by atoms with Gasteiger partial charge in [-0.2, -0.15) is 0 Å². The molecule has 0 fully saturated rings. The third-order valence-electron chi connectivity index (χ3n) is 4.57. The summed E-state index contributed by atoms with van der Waals surface area (Å²) in [5.74, 6) is 0.413. The van der Waals surface area contributed by atoms with E-state index in [4.69, 9.17) is 4.74 Å². The number of carbonyl (C=O) groups excluding carboxylic acids is 2. The van der Waals surface area contributed by atoms with Gasteiger partial charge in [-0.3, -0.25) is 9.59 Å². The lowest BCUT2D eigenvalue weighted by molar-refractivity contribution is -0.120. The van der Waals surface area contributed by atoms with E-state index in [0.717, 1.165) is 10.6 Å².